The molecule has 2 atom stereocenters. The SMILES string of the molecule is O=C(N[C@@H](CN1CCOCC1)c1ccccc1)[C@@H]1CCCN(S(=O)(=O)c2ccc(F)cc2)C1. The quantitative estimate of drug-likeness (QED) is 0.666. The second-order valence-electron chi connectivity index (χ2n) is 8.54. The normalized spacial score (nSPS) is 21.4. The van der Waals surface area contributed by atoms with E-state index in [1.54, 1.807) is 0 Å². The van der Waals surface area contributed by atoms with E-state index in [4.69, 9.17) is 4.74 Å². The van der Waals surface area contributed by atoms with Crippen LogP contribution in [0.25, 0.3) is 0 Å². The summed E-state index contributed by atoms with van der Waals surface area (Å²) in [4.78, 5) is 15.6. The number of morpholine rings is 1. The zero-order valence-corrected chi connectivity index (χ0v) is 19.3. The second kappa shape index (κ2) is 10.7. The topological polar surface area (TPSA) is 79.0 Å². The van der Waals surface area contributed by atoms with Crippen molar-refractivity contribution in [2.45, 2.75) is 23.8 Å². The molecule has 2 saturated heterocycles. The minimum Gasteiger partial charge on any atom is -0.379 e. The van der Waals surface area contributed by atoms with Crippen molar-refractivity contribution in [3.05, 3.63) is 66.0 Å². The van der Waals surface area contributed by atoms with Gasteiger partial charge in [0, 0.05) is 32.7 Å². The Morgan fingerprint density at radius 1 is 1.06 bits per heavy atom. The predicted octanol–water partition coefficient (Wildman–Crippen LogP) is 2.42. The van der Waals surface area contributed by atoms with E-state index in [1.807, 2.05) is 30.3 Å². The van der Waals surface area contributed by atoms with Crippen molar-refractivity contribution >= 4 is 15.9 Å². The summed E-state index contributed by atoms with van der Waals surface area (Å²) in [6.07, 6.45) is 1.22. The Labute approximate surface area is 194 Å². The number of nitrogens with one attached hydrogen (secondary N) is 1. The molecule has 9 heteroatoms. The Morgan fingerprint density at radius 2 is 1.76 bits per heavy atom. The molecule has 0 bridgehead atoms. The van der Waals surface area contributed by atoms with Crippen LogP contribution < -0.4 is 5.32 Å². The number of sulfonamides is 1. The Hall–Kier alpha value is -2.33. The molecule has 2 heterocycles. The fourth-order valence-electron chi connectivity index (χ4n) is 4.38. The van der Waals surface area contributed by atoms with Gasteiger partial charge in [-0.05, 0) is 42.7 Å². The molecule has 33 heavy (non-hydrogen) atoms. The van der Waals surface area contributed by atoms with Crippen molar-refractivity contribution in [3.8, 4) is 0 Å². The van der Waals surface area contributed by atoms with Crippen molar-refractivity contribution in [2.24, 2.45) is 5.92 Å². The first-order valence-electron chi connectivity index (χ1n) is 11.3. The van der Waals surface area contributed by atoms with Gasteiger partial charge in [0.15, 0.2) is 0 Å². The summed E-state index contributed by atoms with van der Waals surface area (Å²) >= 11 is 0. The summed E-state index contributed by atoms with van der Waals surface area (Å²) in [6.45, 7) is 4.11. The van der Waals surface area contributed by atoms with Crippen LogP contribution >= 0.6 is 0 Å². The minimum absolute atomic E-state index is 0.0411. The lowest BCUT2D eigenvalue weighted by Crippen LogP contribution is -2.48. The van der Waals surface area contributed by atoms with Gasteiger partial charge in [0.1, 0.15) is 5.82 Å². The first-order chi connectivity index (χ1) is 15.9. The lowest BCUT2D eigenvalue weighted by molar-refractivity contribution is -0.127. The molecule has 2 aliphatic heterocycles. The molecule has 2 aliphatic rings. The van der Waals surface area contributed by atoms with E-state index in [1.165, 1.54) is 16.4 Å². The summed E-state index contributed by atoms with van der Waals surface area (Å²) in [5, 5.41) is 3.18. The maximum absolute atomic E-state index is 13.3. The molecule has 7 nitrogen and oxygen atoms in total. The van der Waals surface area contributed by atoms with E-state index >= 15 is 0 Å². The number of hydrogen-bond donors (Lipinski definition) is 1. The molecule has 0 saturated carbocycles. The van der Waals surface area contributed by atoms with Gasteiger partial charge in [0.2, 0.25) is 15.9 Å². The Morgan fingerprint density at radius 3 is 2.45 bits per heavy atom. The van der Waals surface area contributed by atoms with Crippen LogP contribution in [0.1, 0.15) is 24.4 Å². The summed E-state index contributed by atoms with van der Waals surface area (Å²) in [6, 6.07) is 14.4. The number of ether oxygens (including phenoxy) is 1. The zero-order chi connectivity index (χ0) is 23.3. The van der Waals surface area contributed by atoms with Crippen LogP contribution in [-0.2, 0) is 19.6 Å². The molecule has 1 N–H and O–H groups in total. The molecule has 0 spiro atoms. The average Bonchev–Trinajstić information content (AvgIpc) is 2.85. The molecule has 0 aliphatic carbocycles. The van der Waals surface area contributed by atoms with Gasteiger partial charge in [-0.2, -0.15) is 4.31 Å². The fraction of sp³-hybridized carbons (Fsp3) is 0.458. The fourth-order valence-corrected chi connectivity index (χ4v) is 5.91. The number of halogens is 1. The highest BCUT2D eigenvalue weighted by Crippen LogP contribution is 2.25. The van der Waals surface area contributed by atoms with Crippen molar-refractivity contribution in [3.63, 3.8) is 0 Å². The molecular formula is C24H30FN3O4S. The maximum atomic E-state index is 13.3. The third kappa shape index (κ3) is 5.97. The number of rotatable bonds is 7. The van der Waals surface area contributed by atoms with Crippen molar-refractivity contribution in [1.82, 2.24) is 14.5 Å². The standard InChI is InChI=1S/C24H30FN3O4S/c25-21-8-10-22(11-9-21)33(30,31)28-12-4-7-20(17-28)24(29)26-23(19-5-2-1-3-6-19)18-27-13-15-32-16-14-27/h1-3,5-6,8-11,20,23H,4,7,12-18H2,(H,26,29)/t20-,23+/m1/s1. The van der Waals surface area contributed by atoms with Gasteiger partial charge in [-0.3, -0.25) is 9.69 Å². The van der Waals surface area contributed by atoms with E-state index in [-0.39, 0.29) is 23.4 Å². The number of carbonyl (C=O) groups is 1. The van der Waals surface area contributed by atoms with Crippen LogP contribution in [0.4, 0.5) is 4.39 Å². The van der Waals surface area contributed by atoms with E-state index in [0.29, 0.717) is 39.1 Å². The Kier molecular flexibility index (Phi) is 7.75. The molecule has 0 aromatic heterocycles. The number of nitrogens with zero attached hydrogens (tertiary/aromatic N) is 2. The van der Waals surface area contributed by atoms with Crippen LogP contribution in [0.3, 0.4) is 0 Å². The summed E-state index contributed by atoms with van der Waals surface area (Å²) in [5.74, 6) is -1.07. The van der Waals surface area contributed by atoms with Crippen molar-refractivity contribution < 1.29 is 22.3 Å². The van der Waals surface area contributed by atoms with E-state index < -0.39 is 21.8 Å². The Balaban J connectivity index is 1.45. The monoisotopic (exact) mass is 475 g/mol. The van der Waals surface area contributed by atoms with Crippen LogP contribution in [0, 0.1) is 11.7 Å². The highest BCUT2D eigenvalue weighted by molar-refractivity contribution is 7.89. The van der Waals surface area contributed by atoms with Crippen LogP contribution in [0.5, 0.6) is 0 Å². The van der Waals surface area contributed by atoms with E-state index in [9.17, 15) is 17.6 Å². The van der Waals surface area contributed by atoms with Gasteiger partial charge in [-0.15, -0.1) is 0 Å². The van der Waals surface area contributed by atoms with E-state index in [0.717, 1.165) is 30.8 Å². The zero-order valence-electron chi connectivity index (χ0n) is 18.5. The molecule has 4 rings (SSSR count). The maximum Gasteiger partial charge on any atom is 0.243 e. The first-order valence-corrected chi connectivity index (χ1v) is 12.8. The molecular weight excluding hydrogens is 445 g/mol. The summed E-state index contributed by atoms with van der Waals surface area (Å²) in [7, 11) is -3.78. The summed E-state index contributed by atoms with van der Waals surface area (Å²) < 4.78 is 46.1. The van der Waals surface area contributed by atoms with Gasteiger partial charge < -0.3 is 10.1 Å². The molecule has 0 radical (unpaired) electrons. The second-order valence-corrected chi connectivity index (χ2v) is 10.5. The number of benzene rings is 2. The molecule has 0 unspecified atom stereocenters. The average molecular weight is 476 g/mol. The molecule has 2 aromatic carbocycles. The van der Waals surface area contributed by atoms with Crippen LogP contribution in [0.2, 0.25) is 0 Å². The predicted molar refractivity (Wildman–Crippen MR) is 122 cm³/mol. The van der Waals surface area contributed by atoms with Crippen LogP contribution in [0.15, 0.2) is 59.5 Å². The number of piperidine rings is 1. The number of amides is 1. The lowest BCUT2D eigenvalue weighted by atomic mass is 9.97. The minimum atomic E-state index is -3.78. The molecule has 2 aromatic rings. The van der Waals surface area contributed by atoms with Crippen molar-refractivity contribution in [2.75, 3.05) is 45.9 Å². The first kappa shape index (κ1) is 23.8. The molecule has 2 fully saturated rings. The van der Waals surface area contributed by atoms with Crippen LogP contribution in [-0.4, -0.2) is 69.5 Å². The smallest absolute Gasteiger partial charge is 0.243 e. The van der Waals surface area contributed by atoms with Crippen molar-refractivity contribution in [1.29, 1.82) is 0 Å². The van der Waals surface area contributed by atoms with Gasteiger partial charge in [-0.25, -0.2) is 12.8 Å². The molecule has 1 amide bonds. The highest BCUT2D eigenvalue weighted by atomic mass is 32.2. The van der Waals surface area contributed by atoms with Gasteiger partial charge in [-0.1, -0.05) is 30.3 Å². The third-order valence-electron chi connectivity index (χ3n) is 6.27. The van der Waals surface area contributed by atoms with E-state index in [2.05, 4.69) is 10.2 Å². The lowest BCUT2D eigenvalue weighted by Gasteiger charge is -2.34. The molecule has 178 valence electrons. The number of hydrogen-bond acceptors (Lipinski definition) is 5. The third-order valence-corrected chi connectivity index (χ3v) is 8.15. The highest BCUT2D eigenvalue weighted by Gasteiger charge is 2.34. The van der Waals surface area contributed by atoms with Gasteiger partial charge >= 0.3 is 0 Å². The largest absolute Gasteiger partial charge is 0.379 e. The van der Waals surface area contributed by atoms with Gasteiger partial charge in [0.05, 0.1) is 30.1 Å². The summed E-state index contributed by atoms with van der Waals surface area (Å²) in [5.41, 5.74) is 1.02. The number of carbonyl (C=O) groups excluding carboxylic acids is 1. The van der Waals surface area contributed by atoms with Gasteiger partial charge in [0.25, 0.3) is 0 Å². The Bertz CT molecular complexity index is 1030.